The topological polar surface area (TPSA) is 308 Å². The van der Waals surface area contributed by atoms with Crippen LogP contribution in [0, 0.1) is 11.8 Å². The first-order chi connectivity index (χ1) is 21.3. The van der Waals surface area contributed by atoms with Crippen LogP contribution in [0.25, 0.3) is 11.2 Å². The second kappa shape index (κ2) is 11.0. The zero-order valence-corrected chi connectivity index (χ0v) is 24.7. The summed E-state index contributed by atoms with van der Waals surface area (Å²) >= 11 is 0. The molecule has 12 atom stereocenters. The fourth-order valence-corrected chi connectivity index (χ4v) is 8.24. The van der Waals surface area contributed by atoms with Crippen LogP contribution in [-0.4, -0.2) is 108 Å². The number of amidine groups is 1. The number of aromatic amines is 1. The fraction of sp³-hybridized carbons (Fsp3) is 0.591. The highest BCUT2D eigenvalue weighted by Gasteiger charge is 2.53. The molecule has 3 fully saturated rings. The average Bonchev–Trinajstić information content (AvgIpc) is 3.72. The molecule has 2 bridgehead atoms. The zero-order valence-electron chi connectivity index (χ0n) is 23.0. The predicted octanol–water partition coefficient (Wildman–Crippen LogP) is -2.73. The van der Waals surface area contributed by atoms with Crippen LogP contribution in [0.15, 0.2) is 33.4 Å². The van der Waals surface area contributed by atoms with Crippen molar-refractivity contribution < 1.29 is 52.0 Å². The summed E-state index contributed by atoms with van der Waals surface area (Å²) in [5.41, 5.74) is 10.7. The molecular weight excluding hydrogens is 644 g/mol. The highest BCUT2D eigenvalue weighted by molar-refractivity contribution is 7.47. The Hall–Kier alpha value is -3.07. The van der Waals surface area contributed by atoms with Crippen LogP contribution in [0.5, 0.6) is 0 Å². The van der Waals surface area contributed by atoms with Crippen LogP contribution in [0.3, 0.4) is 0 Å². The number of imidazole rings is 1. The molecule has 12 unspecified atom stereocenters. The van der Waals surface area contributed by atoms with Gasteiger partial charge in [-0.25, -0.2) is 19.5 Å². The number of hydrogen-bond acceptors (Lipinski definition) is 18. The number of hydrogen-bond donors (Lipinski definition) is 6. The third-order valence-electron chi connectivity index (χ3n) is 8.37. The van der Waals surface area contributed by atoms with Crippen LogP contribution >= 0.6 is 15.6 Å². The van der Waals surface area contributed by atoms with Crippen molar-refractivity contribution in [3.8, 4) is 0 Å². The van der Waals surface area contributed by atoms with Crippen molar-refractivity contribution in [3.05, 3.63) is 29.0 Å². The first kappa shape index (κ1) is 30.6. The molecule has 8 N–H and O–H groups in total. The lowest BCUT2D eigenvalue weighted by molar-refractivity contribution is -0.236. The molecule has 23 heteroatoms. The van der Waals surface area contributed by atoms with Crippen LogP contribution in [0.4, 0.5) is 5.95 Å². The summed E-state index contributed by atoms with van der Waals surface area (Å²) in [6, 6.07) is -0.763. The highest BCUT2D eigenvalue weighted by atomic mass is 31.2. The molecule has 0 radical (unpaired) electrons. The number of fused-ring (bicyclic) bond motifs is 5. The maximum atomic E-state index is 13.1. The van der Waals surface area contributed by atoms with Crippen LogP contribution < -0.4 is 21.9 Å². The Morgan fingerprint density at radius 2 is 1.91 bits per heavy atom. The largest absolute Gasteiger partial charge is 0.756 e. The van der Waals surface area contributed by atoms with Crippen molar-refractivity contribution in [2.24, 2.45) is 27.6 Å². The lowest BCUT2D eigenvalue weighted by Gasteiger charge is -2.34. The van der Waals surface area contributed by atoms with Gasteiger partial charge in [0.15, 0.2) is 17.4 Å². The minimum atomic E-state index is -5.26. The molecule has 45 heavy (non-hydrogen) atoms. The molecule has 4 aliphatic heterocycles. The maximum absolute atomic E-state index is 13.1. The van der Waals surface area contributed by atoms with E-state index in [9.17, 15) is 33.9 Å². The van der Waals surface area contributed by atoms with Crippen molar-refractivity contribution in [2.75, 3.05) is 18.9 Å². The van der Waals surface area contributed by atoms with Gasteiger partial charge in [0.1, 0.15) is 48.9 Å². The molecule has 2 aromatic heterocycles. The van der Waals surface area contributed by atoms with E-state index < -0.39 is 89.3 Å². The molecule has 1 aliphatic carbocycles. The van der Waals surface area contributed by atoms with Gasteiger partial charge in [0.05, 0.1) is 31.5 Å². The number of nitrogens with zero attached hydrogens (tertiary/aromatic N) is 6. The number of H-pyrrole nitrogens is 1. The third-order valence-corrected chi connectivity index (χ3v) is 10.3. The maximum Gasteiger partial charge on any atom is 0.472 e. The highest BCUT2D eigenvalue weighted by Crippen LogP contribution is 2.53. The predicted molar refractivity (Wildman–Crippen MR) is 148 cm³/mol. The van der Waals surface area contributed by atoms with E-state index in [1.807, 2.05) is 0 Å². The number of nitrogens with one attached hydrogen (secondary N) is 1. The number of nitrogen functional groups attached to an aromatic ring is 1. The smallest absolute Gasteiger partial charge is 0.472 e. The summed E-state index contributed by atoms with van der Waals surface area (Å²) in [6.07, 6.45) is -4.01. The van der Waals surface area contributed by atoms with Crippen LogP contribution in [-0.2, 0) is 32.0 Å². The number of aliphatic hydroxyl groups is 2. The van der Waals surface area contributed by atoms with Gasteiger partial charge in [-0.3, -0.25) is 28.0 Å². The lowest BCUT2D eigenvalue weighted by atomic mass is 10.0. The van der Waals surface area contributed by atoms with Crippen molar-refractivity contribution in [1.82, 2.24) is 24.4 Å². The molecule has 0 aromatic carbocycles. The molecule has 0 spiro atoms. The van der Waals surface area contributed by atoms with E-state index in [1.54, 1.807) is 17.2 Å². The first-order valence-electron chi connectivity index (χ1n) is 13.7. The summed E-state index contributed by atoms with van der Waals surface area (Å²) < 4.78 is 54.2. The molecular formula is C22H28N9O12P2-. The van der Waals surface area contributed by atoms with E-state index >= 15 is 0 Å². The standard InChI is InChI=1S/C22H29N9O12P2/c23-17-9-1-2-30(18(9)26-6-25-17)10-3-8-4-39-44(35,36)43-16-14(33)11(5-40-45(37,38)42-15(8)13(10)32)41-21(16)31-7-27-12-19(31)28-22(24)29-20(12)34/h1-2,6-11,13-16,18,21,32-33H,3-5H2,(H,35,36)(H,37,38)(H2,23,25,26)(H3,24,28,29,34)/p-1. The van der Waals surface area contributed by atoms with Gasteiger partial charge in [0.2, 0.25) is 5.95 Å². The van der Waals surface area contributed by atoms with Gasteiger partial charge >= 0.3 is 7.82 Å². The van der Waals surface area contributed by atoms with Gasteiger partial charge in [-0.05, 0) is 12.6 Å². The van der Waals surface area contributed by atoms with Crippen LogP contribution in [0.2, 0.25) is 0 Å². The van der Waals surface area contributed by atoms with Crippen molar-refractivity contribution >= 4 is 44.9 Å². The molecule has 2 saturated heterocycles. The van der Waals surface area contributed by atoms with Crippen molar-refractivity contribution in [3.63, 3.8) is 0 Å². The molecule has 5 aliphatic rings. The second-order valence-corrected chi connectivity index (χ2v) is 13.8. The first-order valence-corrected chi connectivity index (χ1v) is 16.6. The number of aromatic nitrogens is 4. The van der Waals surface area contributed by atoms with Crippen molar-refractivity contribution in [1.29, 1.82) is 0 Å². The van der Waals surface area contributed by atoms with Gasteiger partial charge in [0, 0.05) is 5.92 Å². The Balaban J connectivity index is 1.17. The van der Waals surface area contributed by atoms with E-state index in [-0.39, 0.29) is 29.5 Å². The quantitative estimate of drug-likeness (QED) is 0.176. The van der Waals surface area contributed by atoms with E-state index in [4.69, 9.17) is 34.3 Å². The number of phosphoric ester groups is 2. The van der Waals surface area contributed by atoms with Gasteiger partial charge in [0.25, 0.3) is 13.4 Å². The number of anilines is 1. The van der Waals surface area contributed by atoms with Gasteiger partial charge < -0.3 is 50.2 Å². The number of phosphoric acid groups is 2. The minimum absolute atomic E-state index is 0.0367. The Kier molecular flexibility index (Phi) is 7.49. The van der Waals surface area contributed by atoms with Gasteiger partial charge in [-0.1, -0.05) is 6.08 Å². The monoisotopic (exact) mass is 672 g/mol. The van der Waals surface area contributed by atoms with Crippen molar-refractivity contribution in [2.45, 2.75) is 55.4 Å². The number of aliphatic imine (C=N–C) groups is 2. The number of rotatable bonds is 2. The Labute approximate surface area is 252 Å². The average molecular weight is 672 g/mol. The van der Waals surface area contributed by atoms with E-state index in [0.717, 1.165) is 10.9 Å². The third kappa shape index (κ3) is 5.43. The summed E-state index contributed by atoms with van der Waals surface area (Å²) in [5.74, 6) is -1.29. The second-order valence-electron chi connectivity index (χ2n) is 11.1. The molecule has 2 aromatic rings. The summed E-state index contributed by atoms with van der Waals surface area (Å²) in [4.78, 5) is 56.3. The Bertz CT molecular complexity index is 1750. The molecule has 7 rings (SSSR count). The molecule has 6 heterocycles. The SMILES string of the molecule is NC1=NC=NC2C1C=CN2C1CC2COP(=O)([O-])OC3C(O)C(COP(=O)(O)OC2C1O)OC3n1cnc2c(=O)[nH]c(N)nc21. The number of ether oxygens (including phenoxy) is 1. The minimum Gasteiger partial charge on any atom is -0.756 e. The number of aliphatic hydroxyl groups excluding tert-OH is 2. The lowest BCUT2D eigenvalue weighted by Crippen LogP contribution is -2.48. The van der Waals surface area contributed by atoms with E-state index in [0.29, 0.717) is 5.84 Å². The summed E-state index contributed by atoms with van der Waals surface area (Å²) in [6.45, 7) is -1.42. The molecule has 244 valence electrons. The molecule has 0 amide bonds. The summed E-state index contributed by atoms with van der Waals surface area (Å²) in [7, 11) is -10.2. The Morgan fingerprint density at radius 3 is 2.71 bits per heavy atom. The van der Waals surface area contributed by atoms with Gasteiger partial charge in [-0.2, -0.15) is 4.98 Å². The number of nitrogens with two attached hydrogens (primary N) is 2. The van der Waals surface area contributed by atoms with E-state index in [1.165, 1.54) is 6.34 Å². The fourth-order valence-electron chi connectivity index (χ4n) is 6.28. The normalized spacial score (nSPS) is 43.4. The zero-order chi connectivity index (χ0) is 31.8. The molecule has 21 nitrogen and oxygen atoms in total. The van der Waals surface area contributed by atoms with Crippen LogP contribution in [0.1, 0.15) is 12.6 Å². The Morgan fingerprint density at radius 1 is 1.11 bits per heavy atom. The summed E-state index contributed by atoms with van der Waals surface area (Å²) in [5, 5.41) is 22.3. The van der Waals surface area contributed by atoms with Gasteiger partial charge in [-0.15, -0.1) is 0 Å². The van der Waals surface area contributed by atoms with E-state index in [2.05, 4.69) is 24.9 Å². The molecule has 1 saturated carbocycles.